The van der Waals surface area contributed by atoms with Crippen molar-refractivity contribution in [3.8, 4) is 0 Å². The minimum Gasteiger partial charge on any atom is -0.320 e. The smallest absolute Gasteiger partial charge is 0.267 e. The van der Waals surface area contributed by atoms with E-state index in [0.717, 1.165) is 15.6 Å². The summed E-state index contributed by atoms with van der Waals surface area (Å²) in [5, 5.41) is 4.57. The highest BCUT2D eigenvalue weighted by atomic mass is 32.2. The first-order chi connectivity index (χ1) is 12.0. The van der Waals surface area contributed by atoms with Gasteiger partial charge in [0.25, 0.3) is 5.91 Å². The number of amides is 1. The maximum atomic E-state index is 13.0. The van der Waals surface area contributed by atoms with Gasteiger partial charge in [-0.05, 0) is 43.0 Å². The molecule has 4 nitrogen and oxygen atoms in total. The van der Waals surface area contributed by atoms with Gasteiger partial charge in [0, 0.05) is 6.42 Å². The number of anilines is 1. The third-order valence-corrected chi connectivity index (χ3v) is 5.34. The molecule has 0 aliphatic carbocycles. The molecule has 0 radical (unpaired) electrons. The number of hydrogen-bond acceptors (Lipinski definition) is 5. The Labute approximate surface area is 153 Å². The van der Waals surface area contributed by atoms with Crippen LogP contribution in [0.15, 0.2) is 47.6 Å². The van der Waals surface area contributed by atoms with Crippen LogP contribution in [-0.2, 0) is 6.42 Å². The van der Waals surface area contributed by atoms with Gasteiger partial charge < -0.3 is 5.32 Å². The number of rotatable bonds is 5. The van der Waals surface area contributed by atoms with Gasteiger partial charge in [0.2, 0.25) is 0 Å². The van der Waals surface area contributed by atoms with Crippen LogP contribution in [0.1, 0.15) is 25.9 Å². The molecular formula is C18H16FN3OS2. The number of nitrogens with zero attached hydrogens (tertiary/aromatic N) is 2. The van der Waals surface area contributed by atoms with Crippen molar-refractivity contribution < 1.29 is 9.18 Å². The van der Waals surface area contributed by atoms with Gasteiger partial charge in [-0.2, -0.15) is 0 Å². The number of thiazole rings is 1. The fourth-order valence-electron chi connectivity index (χ4n) is 2.28. The van der Waals surface area contributed by atoms with E-state index in [9.17, 15) is 9.18 Å². The standard InChI is InChI=1S/C18H16FN3OS2/c1-11-17(18(23)22-14-7-8-15(24-2)20-10-14)25-16(21-11)9-12-3-5-13(19)6-4-12/h3-8,10H,9H2,1-2H3,(H,22,23). The van der Waals surface area contributed by atoms with Crippen LogP contribution in [0.4, 0.5) is 10.1 Å². The quantitative estimate of drug-likeness (QED) is 0.667. The Morgan fingerprint density at radius 3 is 2.64 bits per heavy atom. The third kappa shape index (κ3) is 4.43. The molecule has 0 saturated carbocycles. The summed E-state index contributed by atoms with van der Waals surface area (Å²) in [5.41, 5.74) is 2.29. The highest BCUT2D eigenvalue weighted by molar-refractivity contribution is 7.98. The highest BCUT2D eigenvalue weighted by Gasteiger charge is 2.16. The van der Waals surface area contributed by atoms with E-state index in [0.29, 0.717) is 22.7 Å². The number of halogens is 1. The number of nitrogens with one attached hydrogen (secondary N) is 1. The van der Waals surface area contributed by atoms with Crippen molar-refractivity contribution >= 4 is 34.7 Å². The van der Waals surface area contributed by atoms with Gasteiger partial charge in [-0.15, -0.1) is 23.1 Å². The minimum absolute atomic E-state index is 0.195. The summed E-state index contributed by atoms with van der Waals surface area (Å²) in [6.07, 6.45) is 4.16. The molecule has 2 aromatic heterocycles. The fourth-order valence-corrected chi connectivity index (χ4v) is 3.63. The number of aromatic nitrogens is 2. The molecule has 0 saturated heterocycles. The number of benzene rings is 1. The predicted molar refractivity (Wildman–Crippen MR) is 100 cm³/mol. The van der Waals surface area contributed by atoms with E-state index in [1.54, 1.807) is 30.1 Å². The average Bonchev–Trinajstić information content (AvgIpc) is 2.98. The zero-order valence-electron chi connectivity index (χ0n) is 13.7. The van der Waals surface area contributed by atoms with Crippen LogP contribution in [0.2, 0.25) is 0 Å². The fraction of sp³-hybridized carbons (Fsp3) is 0.167. The first kappa shape index (κ1) is 17.6. The molecule has 25 heavy (non-hydrogen) atoms. The summed E-state index contributed by atoms with van der Waals surface area (Å²) in [7, 11) is 0. The molecule has 1 N–H and O–H groups in total. The van der Waals surface area contributed by atoms with E-state index in [-0.39, 0.29) is 11.7 Å². The molecule has 0 aliphatic heterocycles. The first-order valence-corrected chi connectivity index (χ1v) is 9.61. The number of thioether (sulfide) groups is 1. The monoisotopic (exact) mass is 373 g/mol. The molecule has 3 rings (SSSR count). The maximum absolute atomic E-state index is 13.0. The molecule has 0 atom stereocenters. The van der Waals surface area contributed by atoms with Crippen LogP contribution < -0.4 is 5.32 Å². The average molecular weight is 373 g/mol. The molecule has 0 unspecified atom stereocenters. The van der Waals surface area contributed by atoms with Crippen LogP contribution in [-0.4, -0.2) is 22.1 Å². The van der Waals surface area contributed by atoms with Crippen LogP contribution >= 0.6 is 23.1 Å². The summed E-state index contributed by atoms with van der Waals surface area (Å²) in [6.45, 7) is 1.81. The van der Waals surface area contributed by atoms with Crippen LogP contribution in [0, 0.1) is 12.7 Å². The van der Waals surface area contributed by atoms with E-state index < -0.39 is 0 Å². The Morgan fingerprint density at radius 1 is 1.24 bits per heavy atom. The van der Waals surface area contributed by atoms with Crippen LogP contribution in [0.25, 0.3) is 0 Å². The van der Waals surface area contributed by atoms with Crippen LogP contribution in [0.3, 0.4) is 0 Å². The summed E-state index contributed by atoms with van der Waals surface area (Å²) in [4.78, 5) is 21.8. The number of pyridine rings is 1. The highest BCUT2D eigenvalue weighted by Crippen LogP contribution is 2.23. The summed E-state index contributed by atoms with van der Waals surface area (Å²) >= 11 is 2.90. The second-order valence-corrected chi connectivity index (χ2v) is 7.28. The SMILES string of the molecule is CSc1ccc(NC(=O)c2sc(Cc3ccc(F)cc3)nc2C)cn1. The lowest BCUT2D eigenvalue weighted by Gasteiger charge is -2.04. The van der Waals surface area contributed by atoms with Gasteiger partial charge in [-0.1, -0.05) is 12.1 Å². The Bertz CT molecular complexity index is 876. The molecule has 1 aromatic carbocycles. The normalized spacial score (nSPS) is 10.7. The summed E-state index contributed by atoms with van der Waals surface area (Å²) in [5.74, 6) is -0.459. The van der Waals surface area contributed by atoms with E-state index in [4.69, 9.17) is 0 Å². The molecule has 7 heteroatoms. The number of aryl methyl sites for hydroxylation is 1. The summed E-state index contributed by atoms with van der Waals surface area (Å²) in [6, 6.07) is 9.99. The van der Waals surface area contributed by atoms with Crippen molar-refractivity contribution in [2.45, 2.75) is 18.4 Å². The van der Waals surface area contributed by atoms with Gasteiger partial charge in [0.05, 0.1) is 27.6 Å². The van der Waals surface area contributed by atoms with Crippen molar-refractivity contribution in [2.24, 2.45) is 0 Å². The lowest BCUT2D eigenvalue weighted by Crippen LogP contribution is -2.11. The minimum atomic E-state index is -0.264. The molecule has 0 spiro atoms. The van der Waals surface area contributed by atoms with Gasteiger partial charge in [-0.3, -0.25) is 4.79 Å². The third-order valence-electron chi connectivity index (χ3n) is 3.52. The molecule has 2 heterocycles. The van der Waals surface area contributed by atoms with Crippen molar-refractivity contribution in [2.75, 3.05) is 11.6 Å². The van der Waals surface area contributed by atoms with E-state index in [2.05, 4.69) is 15.3 Å². The van der Waals surface area contributed by atoms with Gasteiger partial charge in [0.15, 0.2) is 0 Å². The predicted octanol–water partition coefficient (Wildman–Crippen LogP) is 4.55. The molecular weight excluding hydrogens is 357 g/mol. The van der Waals surface area contributed by atoms with Crippen molar-refractivity contribution in [3.63, 3.8) is 0 Å². The first-order valence-electron chi connectivity index (χ1n) is 7.57. The van der Waals surface area contributed by atoms with Gasteiger partial charge in [0.1, 0.15) is 10.7 Å². The summed E-state index contributed by atoms with van der Waals surface area (Å²) < 4.78 is 13.0. The van der Waals surface area contributed by atoms with Gasteiger partial charge in [-0.25, -0.2) is 14.4 Å². The zero-order valence-corrected chi connectivity index (χ0v) is 15.4. The Kier molecular flexibility index (Phi) is 5.45. The van der Waals surface area contributed by atoms with Crippen molar-refractivity contribution in [1.29, 1.82) is 0 Å². The zero-order chi connectivity index (χ0) is 17.8. The molecule has 128 valence electrons. The maximum Gasteiger partial charge on any atom is 0.267 e. The van der Waals surface area contributed by atoms with Crippen molar-refractivity contribution in [3.05, 3.63) is 69.6 Å². The molecule has 0 bridgehead atoms. The molecule has 1 amide bonds. The van der Waals surface area contributed by atoms with Crippen molar-refractivity contribution in [1.82, 2.24) is 9.97 Å². The van der Waals surface area contributed by atoms with E-state index in [1.165, 1.54) is 23.5 Å². The molecule has 3 aromatic rings. The van der Waals surface area contributed by atoms with E-state index >= 15 is 0 Å². The Morgan fingerprint density at radius 2 is 2.00 bits per heavy atom. The molecule has 0 aliphatic rings. The Hall–Kier alpha value is -2.25. The topological polar surface area (TPSA) is 54.9 Å². The second kappa shape index (κ2) is 7.76. The van der Waals surface area contributed by atoms with Crippen LogP contribution in [0.5, 0.6) is 0 Å². The number of hydrogen-bond donors (Lipinski definition) is 1. The van der Waals surface area contributed by atoms with Gasteiger partial charge >= 0.3 is 0 Å². The number of carbonyl (C=O) groups is 1. The molecule has 0 fully saturated rings. The Balaban J connectivity index is 1.72. The lowest BCUT2D eigenvalue weighted by atomic mass is 10.1. The lowest BCUT2D eigenvalue weighted by molar-refractivity contribution is 0.102. The van der Waals surface area contributed by atoms with E-state index in [1.807, 2.05) is 25.3 Å². The largest absolute Gasteiger partial charge is 0.320 e. The number of carbonyl (C=O) groups excluding carboxylic acids is 1. The second-order valence-electron chi connectivity index (χ2n) is 5.37.